The molecule has 1 atom stereocenters. The van der Waals surface area contributed by atoms with E-state index in [4.69, 9.17) is 10.5 Å². The van der Waals surface area contributed by atoms with E-state index in [1.807, 2.05) is 0 Å². The third-order valence-corrected chi connectivity index (χ3v) is 3.57. The number of carbonyl (C=O) groups excluding carboxylic acids is 1. The molecule has 0 rings (SSSR count). The van der Waals surface area contributed by atoms with E-state index in [-0.39, 0.29) is 5.97 Å². The Kier molecular flexibility index (Phi) is 10.6. The summed E-state index contributed by atoms with van der Waals surface area (Å²) < 4.78 is 5.01. The van der Waals surface area contributed by atoms with Crippen molar-refractivity contribution in [1.82, 2.24) is 9.80 Å². The predicted octanol–water partition coefficient (Wildman–Crippen LogP) is 1.71. The predicted molar refractivity (Wildman–Crippen MR) is 88.4 cm³/mol. The minimum Gasteiger partial charge on any atom is -0.465 e. The fourth-order valence-corrected chi connectivity index (χ4v) is 2.22. The van der Waals surface area contributed by atoms with Crippen LogP contribution in [0.15, 0.2) is 0 Å². The van der Waals surface area contributed by atoms with Crippen molar-refractivity contribution in [2.45, 2.75) is 52.0 Å². The molecule has 0 spiro atoms. The Morgan fingerprint density at radius 3 is 2.29 bits per heavy atom. The fraction of sp³-hybridized carbons (Fsp3) is 0.938. The second-order valence-electron chi connectivity index (χ2n) is 6.24. The summed E-state index contributed by atoms with van der Waals surface area (Å²) in [5, 5.41) is 0. The van der Waals surface area contributed by atoms with Gasteiger partial charge in [0.15, 0.2) is 0 Å². The number of rotatable bonds is 12. The third-order valence-electron chi connectivity index (χ3n) is 3.57. The van der Waals surface area contributed by atoms with Crippen molar-refractivity contribution in [3.8, 4) is 0 Å². The molecule has 0 heterocycles. The van der Waals surface area contributed by atoms with E-state index in [0.29, 0.717) is 13.0 Å². The average molecular weight is 301 g/mol. The first-order valence-electron chi connectivity index (χ1n) is 8.16. The molecule has 5 nitrogen and oxygen atoms in total. The summed E-state index contributed by atoms with van der Waals surface area (Å²) in [6, 6.07) is 0. The van der Waals surface area contributed by atoms with Crippen LogP contribution < -0.4 is 5.73 Å². The van der Waals surface area contributed by atoms with Gasteiger partial charge in [-0.1, -0.05) is 6.92 Å². The summed E-state index contributed by atoms with van der Waals surface area (Å²) in [7, 11) is 4.20. The maximum absolute atomic E-state index is 11.7. The highest BCUT2D eigenvalue weighted by molar-refractivity contribution is 5.79. The standard InChI is InChI=1S/C16H35N3O2/c1-6-11-19(14-13-18(4)5)12-9-8-10-16(3,17)15(20)21-7-2/h6-14,17H2,1-5H3. The summed E-state index contributed by atoms with van der Waals surface area (Å²) in [6.07, 6.45) is 3.87. The smallest absolute Gasteiger partial charge is 0.325 e. The lowest BCUT2D eigenvalue weighted by atomic mass is 9.96. The Morgan fingerprint density at radius 2 is 1.76 bits per heavy atom. The van der Waals surface area contributed by atoms with Crippen LogP contribution in [0.5, 0.6) is 0 Å². The molecule has 1 unspecified atom stereocenters. The summed E-state index contributed by atoms with van der Waals surface area (Å²) in [6.45, 7) is 10.5. The monoisotopic (exact) mass is 301 g/mol. The summed E-state index contributed by atoms with van der Waals surface area (Å²) in [4.78, 5) is 16.4. The Labute approximate surface area is 130 Å². The maximum atomic E-state index is 11.7. The Morgan fingerprint density at radius 1 is 1.10 bits per heavy atom. The van der Waals surface area contributed by atoms with Crippen molar-refractivity contribution in [2.75, 3.05) is 46.9 Å². The molecule has 0 fully saturated rings. The van der Waals surface area contributed by atoms with Crippen LogP contribution in [-0.2, 0) is 9.53 Å². The molecule has 0 aromatic rings. The van der Waals surface area contributed by atoms with Crippen LogP contribution in [0.3, 0.4) is 0 Å². The normalized spacial score (nSPS) is 14.5. The third kappa shape index (κ3) is 9.82. The molecular weight excluding hydrogens is 266 g/mol. The lowest BCUT2D eigenvalue weighted by molar-refractivity contribution is -0.149. The van der Waals surface area contributed by atoms with Crippen molar-refractivity contribution < 1.29 is 9.53 Å². The Bertz CT molecular complexity index is 281. The highest BCUT2D eigenvalue weighted by Gasteiger charge is 2.29. The first-order chi connectivity index (χ1) is 9.83. The fourth-order valence-electron chi connectivity index (χ4n) is 2.22. The van der Waals surface area contributed by atoms with Crippen LogP contribution in [0, 0.1) is 0 Å². The van der Waals surface area contributed by atoms with Gasteiger partial charge in [0, 0.05) is 13.1 Å². The van der Waals surface area contributed by atoms with Crippen molar-refractivity contribution in [3.63, 3.8) is 0 Å². The van der Waals surface area contributed by atoms with Crippen LogP contribution in [0.1, 0.15) is 46.5 Å². The molecule has 0 saturated carbocycles. The molecule has 0 saturated heterocycles. The first-order valence-corrected chi connectivity index (χ1v) is 8.16. The van der Waals surface area contributed by atoms with Crippen molar-refractivity contribution in [3.05, 3.63) is 0 Å². The molecule has 5 heteroatoms. The van der Waals surface area contributed by atoms with E-state index in [0.717, 1.165) is 39.0 Å². The lowest BCUT2D eigenvalue weighted by Crippen LogP contribution is -2.46. The minimum atomic E-state index is -0.852. The largest absolute Gasteiger partial charge is 0.465 e. The van der Waals surface area contributed by atoms with Gasteiger partial charge in [-0.25, -0.2) is 0 Å². The van der Waals surface area contributed by atoms with E-state index < -0.39 is 5.54 Å². The second kappa shape index (κ2) is 11.0. The number of unbranched alkanes of at least 4 members (excludes halogenated alkanes) is 1. The van der Waals surface area contributed by atoms with Gasteiger partial charge in [0.05, 0.1) is 6.61 Å². The quantitative estimate of drug-likeness (QED) is 0.439. The van der Waals surface area contributed by atoms with Gasteiger partial charge in [-0.3, -0.25) is 4.79 Å². The van der Waals surface area contributed by atoms with Crippen molar-refractivity contribution in [2.24, 2.45) is 5.73 Å². The van der Waals surface area contributed by atoms with Gasteiger partial charge >= 0.3 is 5.97 Å². The zero-order valence-electron chi connectivity index (χ0n) is 14.7. The number of hydrogen-bond donors (Lipinski definition) is 1. The maximum Gasteiger partial charge on any atom is 0.325 e. The number of nitrogens with two attached hydrogens (primary N) is 1. The summed E-state index contributed by atoms with van der Waals surface area (Å²) in [5.74, 6) is -0.289. The Hall–Kier alpha value is -0.650. The van der Waals surface area contributed by atoms with Crippen LogP contribution in [0.25, 0.3) is 0 Å². The van der Waals surface area contributed by atoms with E-state index in [2.05, 4.69) is 30.8 Å². The van der Waals surface area contributed by atoms with Gasteiger partial charge in [-0.2, -0.15) is 0 Å². The minimum absolute atomic E-state index is 0.289. The SMILES string of the molecule is CCCN(CCCCC(C)(N)C(=O)OCC)CCN(C)C. The molecule has 126 valence electrons. The molecule has 0 aliphatic carbocycles. The lowest BCUT2D eigenvalue weighted by Gasteiger charge is -2.25. The number of ether oxygens (including phenoxy) is 1. The summed E-state index contributed by atoms with van der Waals surface area (Å²) in [5.41, 5.74) is 5.17. The van der Waals surface area contributed by atoms with Gasteiger partial charge in [0.1, 0.15) is 5.54 Å². The van der Waals surface area contributed by atoms with E-state index in [1.165, 1.54) is 6.42 Å². The van der Waals surface area contributed by atoms with Crippen LogP contribution in [0.2, 0.25) is 0 Å². The first kappa shape index (κ1) is 20.3. The highest BCUT2D eigenvalue weighted by atomic mass is 16.5. The number of carbonyl (C=O) groups is 1. The van der Waals surface area contributed by atoms with Gasteiger partial charge in [0.2, 0.25) is 0 Å². The molecule has 0 radical (unpaired) electrons. The van der Waals surface area contributed by atoms with Crippen LogP contribution >= 0.6 is 0 Å². The molecule has 0 aromatic carbocycles. The van der Waals surface area contributed by atoms with Crippen molar-refractivity contribution in [1.29, 1.82) is 0 Å². The van der Waals surface area contributed by atoms with E-state index in [9.17, 15) is 4.79 Å². The molecular formula is C16H35N3O2. The Balaban J connectivity index is 4.00. The number of likely N-dealkylation sites (N-methyl/N-ethyl adjacent to an activating group) is 1. The zero-order valence-corrected chi connectivity index (χ0v) is 14.7. The van der Waals surface area contributed by atoms with E-state index in [1.54, 1.807) is 13.8 Å². The molecule has 0 bridgehead atoms. The van der Waals surface area contributed by atoms with Crippen LogP contribution in [-0.4, -0.2) is 68.2 Å². The molecule has 0 aromatic heterocycles. The average Bonchev–Trinajstić information content (AvgIpc) is 2.40. The van der Waals surface area contributed by atoms with Gasteiger partial charge in [0.25, 0.3) is 0 Å². The van der Waals surface area contributed by atoms with E-state index >= 15 is 0 Å². The molecule has 21 heavy (non-hydrogen) atoms. The molecule has 0 amide bonds. The molecule has 0 aliphatic rings. The zero-order chi connectivity index (χ0) is 16.3. The van der Waals surface area contributed by atoms with Gasteiger partial charge in [-0.05, 0) is 66.7 Å². The molecule has 0 aliphatic heterocycles. The van der Waals surface area contributed by atoms with Crippen molar-refractivity contribution >= 4 is 5.97 Å². The number of nitrogens with zero attached hydrogens (tertiary/aromatic N) is 2. The van der Waals surface area contributed by atoms with Gasteiger partial charge in [-0.15, -0.1) is 0 Å². The number of esters is 1. The second-order valence-corrected chi connectivity index (χ2v) is 6.24. The highest BCUT2D eigenvalue weighted by Crippen LogP contribution is 2.13. The topological polar surface area (TPSA) is 58.8 Å². The summed E-state index contributed by atoms with van der Waals surface area (Å²) >= 11 is 0. The molecule has 2 N–H and O–H groups in total. The van der Waals surface area contributed by atoms with Gasteiger partial charge < -0.3 is 20.3 Å². The van der Waals surface area contributed by atoms with Crippen LogP contribution in [0.4, 0.5) is 0 Å². The number of hydrogen-bond acceptors (Lipinski definition) is 5.